The van der Waals surface area contributed by atoms with E-state index in [0.29, 0.717) is 17.9 Å². The summed E-state index contributed by atoms with van der Waals surface area (Å²) in [5, 5.41) is 16.0. The van der Waals surface area contributed by atoms with Gasteiger partial charge in [0.1, 0.15) is 5.76 Å². The number of aliphatic carboxylic acids is 1. The van der Waals surface area contributed by atoms with Crippen LogP contribution in [0, 0.1) is 19.8 Å². The minimum absolute atomic E-state index is 0.164. The largest absolute Gasteiger partial charge is 0.481 e. The van der Waals surface area contributed by atoms with Crippen LogP contribution in [0.5, 0.6) is 0 Å². The van der Waals surface area contributed by atoms with Crippen LogP contribution in [0.1, 0.15) is 49.1 Å². The van der Waals surface area contributed by atoms with Gasteiger partial charge in [0, 0.05) is 11.6 Å². The first-order valence-corrected chi connectivity index (χ1v) is 7.43. The van der Waals surface area contributed by atoms with Crippen molar-refractivity contribution in [1.82, 2.24) is 10.5 Å². The Balaban J connectivity index is 2.01. The first kappa shape index (κ1) is 15.5. The summed E-state index contributed by atoms with van der Waals surface area (Å²) in [6.07, 6.45) is 4.44. The normalized spacial score (nSPS) is 22.6. The SMILES string of the molecule is Cc1noc(C)c1CC(=O)N[C@H]1CCCCC[C@H]1C(=O)O. The van der Waals surface area contributed by atoms with Crippen LogP contribution in [0.25, 0.3) is 0 Å². The molecule has 116 valence electrons. The van der Waals surface area contributed by atoms with Gasteiger partial charge < -0.3 is 14.9 Å². The maximum Gasteiger partial charge on any atom is 0.308 e. The van der Waals surface area contributed by atoms with Gasteiger partial charge in [-0.2, -0.15) is 0 Å². The monoisotopic (exact) mass is 294 g/mol. The fourth-order valence-corrected chi connectivity index (χ4v) is 2.95. The Morgan fingerprint density at radius 1 is 1.29 bits per heavy atom. The smallest absolute Gasteiger partial charge is 0.308 e. The van der Waals surface area contributed by atoms with E-state index >= 15 is 0 Å². The highest BCUT2D eigenvalue weighted by atomic mass is 16.5. The molecule has 1 saturated carbocycles. The molecule has 0 aromatic carbocycles. The zero-order valence-corrected chi connectivity index (χ0v) is 12.5. The summed E-state index contributed by atoms with van der Waals surface area (Å²) in [5.41, 5.74) is 1.49. The molecule has 1 aromatic heterocycles. The average Bonchev–Trinajstić information content (AvgIpc) is 2.66. The molecule has 1 aliphatic rings. The minimum atomic E-state index is -0.820. The number of carboxylic acid groups (broad SMARTS) is 1. The van der Waals surface area contributed by atoms with Crippen molar-refractivity contribution in [3.05, 3.63) is 17.0 Å². The highest BCUT2D eigenvalue weighted by Gasteiger charge is 2.30. The van der Waals surface area contributed by atoms with Crippen LogP contribution in [0.2, 0.25) is 0 Å². The molecule has 1 aliphatic carbocycles. The molecule has 0 unspecified atom stereocenters. The molecular weight excluding hydrogens is 272 g/mol. The lowest BCUT2D eigenvalue weighted by Gasteiger charge is -2.22. The lowest BCUT2D eigenvalue weighted by atomic mass is 9.94. The molecule has 2 atom stereocenters. The number of amides is 1. The second kappa shape index (κ2) is 6.74. The second-order valence-corrected chi connectivity index (χ2v) is 5.74. The van der Waals surface area contributed by atoms with Crippen LogP contribution < -0.4 is 5.32 Å². The highest BCUT2D eigenvalue weighted by molar-refractivity contribution is 5.80. The molecule has 6 heteroatoms. The van der Waals surface area contributed by atoms with Crippen LogP contribution in [0.15, 0.2) is 4.52 Å². The molecule has 0 aliphatic heterocycles. The van der Waals surface area contributed by atoms with Crippen LogP contribution in [-0.2, 0) is 16.0 Å². The molecular formula is C15H22N2O4. The first-order valence-electron chi connectivity index (χ1n) is 7.43. The molecule has 2 N–H and O–H groups in total. The van der Waals surface area contributed by atoms with Crippen LogP contribution in [-0.4, -0.2) is 28.2 Å². The van der Waals surface area contributed by atoms with Crippen molar-refractivity contribution in [3.8, 4) is 0 Å². The number of carboxylic acids is 1. The van der Waals surface area contributed by atoms with Crippen LogP contribution in [0.3, 0.4) is 0 Å². The number of aryl methyl sites for hydroxylation is 2. The van der Waals surface area contributed by atoms with Crippen LogP contribution >= 0.6 is 0 Å². The maximum absolute atomic E-state index is 12.2. The van der Waals surface area contributed by atoms with Crippen molar-refractivity contribution in [2.75, 3.05) is 0 Å². The van der Waals surface area contributed by atoms with E-state index in [1.165, 1.54) is 0 Å². The lowest BCUT2D eigenvalue weighted by molar-refractivity contribution is -0.143. The molecule has 1 fully saturated rings. The molecule has 0 bridgehead atoms. The van der Waals surface area contributed by atoms with E-state index in [1.807, 2.05) is 0 Å². The number of carbonyl (C=O) groups is 2. The Hall–Kier alpha value is -1.85. The summed E-state index contributed by atoms with van der Waals surface area (Å²) in [4.78, 5) is 23.5. The molecule has 21 heavy (non-hydrogen) atoms. The number of hydrogen-bond acceptors (Lipinski definition) is 4. The van der Waals surface area contributed by atoms with Gasteiger partial charge >= 0.3 is 5.97 Å². The Kier molecular flexibility index (Phi) is 4.98. The van der Waals surface area contributed by atoms with Crippen molar-refractivity contribution in [1.29, 1.82) is 0 Å². The van der Waals surface area contributed by atoms with E-state index in [4.69, 9.17) is 4.52 Å². The Labute approximate surface area is 123 Å². The molecule has 0 saturated heterocycles. The Bertz CT molecular complexity index is 504. The number of aromatic nitrogens is 1. The van der Waals surface area contributed by atoms with Gasteiger partial charge in [0.2, 0.25) is 5.91 Å². The van der Waals surface area contributed by atoms with Gasteiger partial charge in [-0.05, 0) is 26.7 Å². The molecule has 6 nitrogen and oxygen atoms in total. The van der Waals surface area contributed by atoms with E-state index in [-0.39, 0.29) is 18.4 Å². The van der Waals surface area contributed by atoms with E-state index in [0.717, 1.165) is 31.2 Å². The number of rotatable bonds is 4. The van der Waals surface area contributed by atoms with Crippen molar-refractivity contribution in [2.45, 2.75) is 58.4 Å². The summed E-state index contributed by atoms with van der Waals surface area (Å²) >= 11 is 0. The Morgan fingerprint density at radius 3 is 2.62 bits per heavy atom. The highest BCUT2D eigenvalue weighted by Crippen LogP contribution is 2.24. The van der Waals surface area contributed by atoms with Gasteiger partial charge in [-0.3, -0.25) is 9.59 Å². The zero-order chi connectivity index (χ0) is 15.4. The van der Waals surface area contributed by atoms with Crippen LogP contribution in [0.4, 0.5) is 0 Å². The summed E-state index contributed by atoms with van der Waals surface area (Å²) in [6, 6.07) is -0.280. The molecule has 1 aromatic rings. The van der Waals surface area contributed by atoms with Gasteiger partial charge in [-0.1, -0.05) is 24.4 Å². The van der Waals surface area contributed by atoms with Crippen molar-refractivity contribution < 1.29 is 19.2 Å². The molecule has 0 radical (unpaired) electrons. The fourth-order valence-electron chi connectivity index (χ4n) is 2.95. The third kappa shape index (κ3) is 3.83. The standard InChI is InChI=1S/C15H22N2O4/c1-9-12(10(2)21-17-9)8-14(18)16-13-7-5-3-4-6-11(13)15(19)20/h11,13H,3-8H2,1-2H3,(H,16,18)(H,19,20)/t11-,13+/m1/s1. The van der Waals surface area contributed by atoms with Gasteiger partial charge in [-0.15, -0.1) is 0 Å². The quantitative estimate of drug-likeness (QED) is 0.828. The Morgan fingerprint density at radius 2 is 2.00 bits per heavy atom. The predicted octanol–water partition coefficient (Wildman–Crippen LogP) is 1.98. The van der Waals surface area contributed by atoms with E-state index in [2.05, 4.69) is 10.5 Å². The van der Waals surface area contributed by atoms with Gasteiger partial charge in [0.25, 0.3) is 0 Å². The van der Waals surface area contributed by atoms with Crippen molar-refractivity contribution in [2.24, 2.45) is 5.92 Å². The minimum Gasteiger partial charge on any atom is -0.481 e. The molecule has 1 amide bonds. The summed E-state index contributed by atoms with van der Waals surface area (Å²) < 4.78 is 5.04. The number of nitrogens with one attached hydrogen (secondary N) is 1. The number of carbonyl (C=O) groups excluding carboxylic acids is 1. The number of hydrogen-bond donors (Lipinski definition) is 2. The molecule has 2 rings (SSSR count). The summed E-state index contributed by atoms with van der Waals surface area (Å²) in [5.74, 6) is -0.832. The second-order valence-electron chi connectivity index (χ2n) is 5.74. The topological polar surface area (TPSA) is 92.4 Å². The summed E-state index contributed by atoms with van der Waals surface area (Å²) in [6.45, 7) is 3.57. The van der Waals surface area contributed by atoms with Gasteiger partial charge in [-0.25, -0.2) is 0 Å². The van der Waals surface area contributed by atoms with Crippen molar-refractivity contribution >= 4 is 11.9 Å². The summed E-state index contributed by atoms with van der Waals surface area (Å²) in [7, 11) is 0. The van der Waals surface area contributed by atoms with E-state index < -0.39 is 11.9 Å². The van der Waals surface area contributed by atoms with E-state index in [1.54, 1.807) is 13.8 Å². The third-order valence-corrected chi connectivity index (χ3v) is 4.20. The fraction of sp³-hybridized carbons (Fsp3) is 0.667. The van der Waals surface area contributed by atoms with E-state index in [9.17, 15) is 14.7 Å². The third-order valence-electron chi connectivity index (χ3n) is 4.20. The molecule has 1 heterocycles. The maximum atomic E-state index is 12.2. The predicted molar refractivity (Wildman–Crippen MR) is 75.8 cm³/mol. The zero-order valence-electron chi connectivity index (χ0n) is 12.5. The van der Waals surface area contributed by atoms with Gasteiger partial charge in [0.05, 0.1) is 18.0 Å². The first-order chi connectivity index (χ1) is 9.99. The lowest BCUT2D eigenvalue weighted by Crippen LogP contribution is -2.43. The average molecular weight is 294 g/mol. The van der Waals surface area contributed by atoms with Gasteiger partial charge in [0.15, 0.2) is 0 Å². The molecule has 0 spiro atoms. The number of nitrogens with zero attached hydrogens (tertiary/aromatic N) is 1. The van der Waals surface area contributed by atoms with Crippen molar-refractivity contribution in [3.63, 3.8) is 0 Å².